The molecule has 11 heteroatoms. The summed E-state index contributed by atoms with van der Waals surface area (Å²) >= 11 is 2.63. The minimum Gasteiger partial charge on any atom is -0.477 e. The molecule has 2 N–H and O–H groups in total. The molecule has 0 saturated carbocycles. The standard InChI is InChI=1S/C15H17N3O6S2/c1-6(19)10-11-8(3-24-7(2)20)9(4-25-15-17-16-5-26-15)12(14(22)23)18(11)13(10)21/h5-6,8,10-11,19H,3-4H2,1-2H3,(H,22,23)/t6-,8+,10-,11+/m1/s1. The van der Waals surface area contributed by atoms with E-state index in [9.17, 15) is 24.6 Å². The second kappa shape index (κ2) is 7.33. The number of amides is 1. The summed E-state index contributed by atoms with van der Waals surface area (Å²) in [5.41, 5.74) is 1.98. The van der Waals surface area contributed by atoms with E-state index >= 15 is 0 Å². The number of hydrogen-bond acceptors (Lipinski definition) is 9. The first kappa shape index (κ1) is 18.8. The molecule has 9 nitrogen and oxygen atoms in total. The van der Waals surface area contributed by atoms with Crippen LogP contribution in [0.5, 0.6) is 0 Å². The molecule has 0 bridgehead atoms. The molecule has 3 rings (SSSR count). The van der Waals surface area contributed by atoms with Crippen LogP contribution in [-0.4, -0.2) is 67.7 Å². The first-order valence-electron chi connectivity index (χ1n) is 7.82. The molecule has 1 amide bonds. The van der Waals surface area contributed by atoms with E-state index in [1.54, 1.807) is 5.51 Å². The number of nitrogens with zero attached hydrogens (tertiary/aromatic N) is 3. The van der Waals surface area contributed by atoms with Gasteiger partial charge in [0.25, 0.3) is 0 Å². The van der Waals surface area contributed by atoms with Gasteiger partial charge >= 0.3 is 11.9 Å². The number of aliphatic hydroxyl groups is 1. The number of rotatable bonds is 7. The van der Waals surface area contributed by atoms with Gasteiger partial charge in [-0.15, -0.1) is 10.2 Å². The number of aliphatic hydroxyl groups excluding tert-OH is 1. The summed E-state index contributed by atoms with van der Waals surface area (Å²) in [5, 5.41) is 27.2. The largest absolute Gasteiger partial charge is 0.477 e. The van der Waals surface area contributed by atoms with E-state index in [0.29, 0.717) is 9.91 Å². The molecule has 2 aliphatic rings. The number of ether oxygens (including phenoxy) is 1. The minimum absolute atomic E-state index is 0.0458. The summed E-state index contributed by atoms with van der Waals surface area (Å²) in [5.74, 6) is -3.06. The number of carbonyl (C=O) groups is 3. The Morgan fingerprint density at radius 1 is 1.50 bits per heavy atom. The number of aliphatic carboxylic acids is 1. The van der Waals surface area contributed by atoms with Gasteiger partial charge in [-0.2, -0.15) is 0 Å². The van der Waals surface area contributed by atoms with Crippen molar-refractivity contribution in [2.75, 3.05) is 12.4 Å². The third-order valence-electron chi connectivity index (χ3n) is 4.47. The van der Waals surface area contributed by atoms with Crippen molar-refractivity contribution in [2.24, 2.45) is 11.8 Å². The van der Waals surface area contributed by atoms with Crippen molar-refractivity contribution in [3.63, 3.8) is 0 Å². The second-order valence-electron chi connectivity index (χ2n) is 6.05. The van der Waals surface area contributed by atoms with Gasteiger partial charge in [-0.05, 0) is 12.5 Å². The van der Waals surface area contributed by atoms with Gasteiger partial charge in [0.15, 0.2) is 4.34 Å². The van der Waals surface area contributed by atoms with Crippen molar-refractivity contribution in [1.29, 1.82) is 0 Å². The third kappa shape index (κ3) is 3.21. The Kier molecular flexibility index (Phi) is 5.30. The zero-order chi connectivity index (χ0) is 19.0. The van der Waals surface area contributed by atoms with Gasteiger partial charge in [-0.1, -0.05) is 23.1 Å². The van der Waals surface area contributed by atoms with Gasteiger partial charge in [0, 0.05) is 18.6 Å². The van der Waals surface area contributed by atoms with E-state index < -0.39 is 41.8 Å². The molecular weight excluding hydrogens is 382 g/mol. The van der Waals surface area contributed by atoms with E-state index in [0.717, 1.165) is 0 Å². The maximum Gasteiger partial charge on any atom is 0.352 e. The molecule has 1 aromatic rings. The minimum atomic E-state index is -1.22. The molecule has 0 radical (unpaired) electrons. The lowest BCUT2D eigenvalue weighted by Crippen LogP contribution is -2.64. The van der Waals surface area contributed by atoms with E-state index in [2.05, 4.69) is 10.2 Å². The Hall–Kier alpha value is -1.98. The maximum absolute atomic E-state index is 12.4. The van der Waals surface area contributed by atoms with E-state index in [1.807, 2.05) is 0 Å². The first-order valence-corrected chi connectivity index (χ1v) is 9.69. The molecular formula is C15H17N3O6S2. The van der Waals surface area contributed by atoms with Crippen LogP contribution in [0.4, 0.5) is 0 Å². The number of thioether (sulfide) groups is 1. The van der Waals surface area contributed by atoms with Gasteiger partial charge in [0.05, 0.1) is 24.7 Å². The van der Waals surface area contributed by atoms with Crippen molar-refractivity contribution in [2.45, 2.75) is 30.3 Å². The summed E-state index contributed by atoms with van der Waals surface area (Å²) < 4.78 is 5.78. The summed E-state index contributed by atoms with van der Waals surface area (Å²) in [6.07, 6.45) is -0.922. The lowest BCUT2D eigenvalue weighted by molar-refractivity contribution is -0.165. The van der Waals surface area contributed by atoms with Crippen molar-refractivity contribution in [3.05, 3.63) is 16.8 Å². The van der Waals surface area contributed by atoms with E-state index in [-0.39, 0.29) is 18.1 Å². The van der Waals surface area contributed by atoms with Crippen LogP contribution in [-0.2, 0) is 19.1 Å². The van der Waals surface area contributed by atoms with Gasteiger partial charge in [-0.25, -0.2) is 4.79 Å². The van der Waals surface area contributed by atoms with E-state index in [4.69, 9.17) is 4.74 Å². The number of aromatic nitrogens is 2. The summed E-state index contributed by atoms with van der Waals surface area (Å²) in [4.78, 5) is 36.7. The Morgan fingerprint density at radius 2 is 2.23 bits per heavy atom. The Balaban J connectivity index is 1.92. The van der Waals surface area contributed by atoms with Crippen molar-refractivity contribution in [3.8, 4) is 0 Å². The normalized spacial score (nSPS) is 25.7. The van der Waals surface area contributed by atoms with Gasteiger partial charge in [0.1, 0.15) is 11.2 Å². The Morgan fingerprint density at radius 3 is 2.77 bits per heavy atom. The maximum atomic E-state index is 12.4. The highest BCUT2D eigenvalue weighted by molar-refractivity contribution is 8.01. The Labute approximate surface area is 157 Å². The molecule has 3 heterocycles. The topological polar surface area (TPSA) is 130 Å². The zero-order valence-corrected chi connectivity index (χ0v) is 15.6. The average molecular weight is 399 g/mol. The molecule has 0 aromatic carbocycles. The summed E-state index contributed by atoms with van der Waals surface area (Å²) in [7, 11) is 0. The number of carboxylic acid groups (broad SMARTS) is 1. The van der Waals surface area contributed by atoms with Crippen LogP contribution in [0.2, 0.25) is 0 Å². The first-order chi connectivity index (χ1) is 12.3. The van der Waals surface area contributed by atoms with Crippen molar-refractivity contribution < 1.29 is 29.3 Å². The molecule has 140 valence electrons. The van der Waals surface area contributed by atoms with Crippen LogP contribution < -0.4 is 0 Å². The summed E-state index contributed by atoms with van der Waals surface area (Å²) in [6.45, 7) is 2.72. The number of carbonyl (C=O) groups excluding carboxylic acids is 2. The highest BCUT2D eigenvalue weighted by atomic mass is 32.2. The number of β-lactam (4-membered cyclic amide) rings is 1. The fourth-order valence-corrected chi connectivity index (χ4v) is 5.03. The monoisotopic (exact) mass is 399 g/mol. The molecule has 0 spiro atoms. The second-order valence-corrected chi connectivity index (χ2v) is 8.10. The van der Waals surface area contributed by atoms with Crippen molar-refractivity contribution >= 4 is 40.9 Å². The van der Waals surface area contributed by atoms with Crippen LogP contribution in [0.15, 0.2) is 21.1 Å². The molecule has 4 atom stereocenters. The third-order valence-corrected chi connectivity index (χ3v) is 6.38. The van der Waals surface area contributed by atoms with Crippen LogP contribution >= 0.6 is 23.1 Å². The Bertz CT molecular complexity index is 763. The van der Waals surface area contributed by atoms with Crippen LogP contribution in [0, 0.1) is 11.8 Å². The number of fused-ring (bicyclic) bond motifs is 1. The van der Waals surface area contributed by atoms with Gasteiger partial charge < -0.3 is 19.8 Å². The molecule has 1 aromatic heterocycles. The molecule has 1 saturated heterocycles. The highest BCUT2D eigenvalue weighted by Crippen LogP contribution is 2.48. The smallest absolute Gasteiger partial charge is 0.352 e. The fourth-order valence-electron chi connectivity index (χ4n) is 3.44. The number of carboxylic acids is 1. The van der Waals surface area contributed by atoms with Crippen LogP contribution in [0.3, 0.4) is 0 Å². The zero-order valence-electron chi connectivity index (χ0n) is 14.0. The van der Waals surface area contributed by atoms with E-state index in [1.165, 1.54) is 41.8 Å². The molecule has 2 aliphatic heterocycles. The van der Waals surface area contributed by atoms with Crippen LogP contribution in [0.1, 0.15) is 13.8 Å². The highest BCUT2D eigenvalue weighted by Gasteiger charge is 2.61. The summed E-state index contributed by atoms with van der Waals surface area (Å²) in [6, 6.07) is -0.530. The fraction of sp³-hybridized carbons (Fsp3) is 0.533. The SMILES string of the molecule is CC(=O)OC[C@H]1C(CSc2nncs2)=C(C(=O)O)N2C(=O)[C@H]([C@@H](C)O)[C@H]12. The quantitative estimate of drug-likeness (QED) is 0.379. The molecule has 26 heavy (non-hydrogen) atoms. The van der Waals surface area contributed by atoms with Gasteiger partial charge in [-0.3, -0.25) is 9.59 Å². The van der Waals surface area contributed by atoms with Crippen molar-refractivity contribution in [1.82, 2.24) is 15.1 Å². The molecule has 1 fully saturated rings. The van der Waals surface area contributed by atoms with Crippen LogP contribution in [0.25, 0.3) is 0 Å². The lowest BCUT2D eigenvalue weighted by Gasteiger charge is -2.46. The lowest BCUT2D eigenvalue weighted by atomic mass is 9.77. The molecule has 0 aliphatic carbocycles. The number of esters is 1. The molecule has 0 unspecified atom stereocenters. The number of hydrogen-bond donors (Lipinski definition) is 2. The predicted octanol–water partition coefficient (Wildman–Crippen LogP) is 0.370. The van der Waals surface area contributed by atoms with Gasteiger partial charge in [0.2, 0.25) is 5.91 Å². The predicted molar refractivity (Wildman–Crippen MR) is 91.2 cm³/mol. The average Bonchev–Trinajstić information content (AvgIpc) is 3.14.